The van der Waals surface area contributed by atoms with E-state index in [0.29, 0.717) is 35.1 Å². The molecule has 12 heteroatoms. The molecule has 0 N–H and O–H groups in total. The van der Waals surface area contributed by atoms with Crippen LogP contribution in [0.25, 0.3) is 0 Å². The molecule has 12 nitrogen and oxygen atoms in total. The number of hydrogen-bond donors (Lipinski definition) is 0. The van der Waals surface area contributed by atoms with Crippen molar-refractivity contribution in [3.8, 4) is 34.8 Å². The van der Waals surface area contributed by atoms with Gasteiger partial charge in [-0.2, -0.15) is 0 Å². The number of nitrogens with zero attached hydrogens (tertiary/aromatic N) is 4. The van der Waals surface area contributed by atoms with E-state index < -0.39 is 9.85 Å². The Hall–Kier alpha value is -6.82. The third kappa shape index (κ3) is 8.28. The number of ether oxygens (including phenoxy) is 4. The number of fused-ring (bicyclic) bond motifs is 2. The minimum atomic E-state index is -0.489. The van der Waals surface area contributed by atoms with Crippen molar-refractivity contribution >= 4 is 11.4 Å². The summed E-state index contributed by atoms with van der Waals surface area (Å²) in [4.78, 5) is 28.4. The van der Waals surface area contributed by atoms with Gasteiger partial charge in [0.15, 0.2) is 0 Å². The Bertz CT molecular complexity index is 2080. The molecule has 0 bridgehead atoms. The summed E-state index contributed by atoms with van der Waals surface area (Å²) in [6.07, 6.45) is 4.18. The van der Waals surface area contributed by atoms with Crippen molar-refractivity contribution in [1.29, 1.82) is 0 Å². The third-order valence-electron chi connectivity index (χ3n) is 9.25. The van der Waals surface area contributed by atoms with Gasteiger partial charge in [0.25, 0.3) is 11.4 Å². The molecule has 0 saturated carbocycles. The highest BCUT2D eigenvalue weighted by atomic mass is 16.6. The van der Waals surface area contributed by atoms with E-state index in [9.17, 15) is 20.2 Å². The predicted octanol–water partition coefficient (Wildman–Crippen LogP) is 10.2. The van der Waals surface area contributed by atoms with Crippen LogP contribution in [-0.4, -0.2) is 19.8 Å². The highest BCUT2D eigenvalue weighted by molar-refractivity contribution is 5.45. The van der Waals surface area contributed by atoms with Crippen molar-refractivity contribution in [1.82, 2.24) is 9.97 Å². The third-order valence-corrected chi connectivity index (χ3v) is 9.25. The van der Waals surface area contributed by atoms with Crippen molar-refractivity contribution < 1.29 is 28.8 Å². The van der Waals surface area contributed by atoms with E-state index in [1.807, 2.05) is 72.8 Å². The van der Waals surface area contributed by atoms with E-state index >= 15 is 0 Å². The molecule has 4 heterocycles. The van der Waals surface area contributed by atoms with Crippen LogP contribution in [0.5, 0.6) is 34.8 Å². The maximum atomic E-state index is 10.7. The van der Waals surface area contributed by atoms with Crippen molar-refractivity contribution in [3.05, 3.63) is 176 Å². The summed E-state index contributed by atoms with van der Waals surface area (Å²) < 4.78 is 23.9. The van der Waals surface area contributed by atoms with Crippen molar-refractivity contribution in [3.63, 3.8) is 0 Å². The van der Waals surface area contributed by atoms with Crippen molar-refractivity contribution in [2.75, 3.05) is 0 Å². The SMILES string of the molecule is CC1Cc2cc(Oc3ccc([N+](=O)[O-])cn3)ccc2OC1c1ccccc1.CC1Cc2cc(Oc3ccc([N+](=O)[O-])cn3)ccc2OC1c1ccccc1. The number of rotatable bonds is 8. The lowest BCUT2D eigenvalue weighted by molar-refractivity contribution is -0.385. The smallest absolute Gasteiger partial charge is 0.287 e. The Kier molecular flexibility index (Phi) is 10.4. The first-order valence-corrected chi connectivity index (χ1v) is 17.5. The minimum absolute atomic E-state index is 0.0295. The molecule has 0 fully saturated rings. The molecule has 0 aliphatic carbocycles. The average Bonchev–Trinajstić information content (AvgIpc) is 3.18. The first-order valence-electron chi connectivity index (χ1n) is 17.5. The monoisotopic (exact) mass is 724 g/mol. The van der Waals surface area contributed by atoms with Gasteiger partial charge in [-0.25, -0.2) is 9.97 Å². The van der Waals surface area contributed by atoms with Gasteiger partial charge in [0.1, 0.15) is 47.6 Å². The summed E-state index contributed by atoms with van der Waals surface area (Å²) in [5.74, 6) is 4.24. The second-order valence-corrected chi connectivity index (χ2v) is 13.2. The van der Waals surface area contributed by atoms with Crippen LogP contribution >= 0.6 is 0 Å². The molecule has 8 rings (SSSR count). The van der Waals surface area contributed by atoms with Crippen LogP contribution in [0.4, 0.5) is 11.4 Å². The van der Waals surface area contributed by atoms with Crippen LogP contribution in [0.15, 0.2) is 134 Å². The van der Waals surface area contributed by atoms with Gasteiger partial charge >= 0.3 is 0 Å². The zero-order chi connectivity index (χ0) is 37.6. The first kappa shape index (κ1) is 35.6. The Morgan fingerprint density at radius 1 is 0.574 bits per heavy atom. The molecule has 4 aromatic carbocycles. The molecule has 2 aliphatic heterocycles. The zero-order valence-electron chi connectivity index (χ0n) is 29.5. The zero-order valence-corrected chi connectivity index (χ0v) is 29.5. The molecule has 4 atom stereocenters. The molecule has 272 valence electrons. The normalized spacial score (nSPS) is 18.3. The standard InChI is InChI=1S/2C21H18N2O4/c2*1-14-11-16-12-18(26-20-10-7-17(13-22-20)23(24)25)8-9-19(16)27-21(14)15-5-3-2-4-6-15/h2*2-10,12-14,21H,11H2,1H3. The fraction of sp³-hybridized carbons (Fsp3) is 0.190. The minimum Gasteiger partial charge on any atom is -0.485 e. The largest absolute Gasteiger partial charge is 0.485 e. The quantitative estimate of drug-likeness (QED) is 0.110. The van der Waals surface area contributed by atoms with E-state index in [1.54, 1.807) is 0 Å². The molecule has 0 radical (unpaired) electrons. The van der Waals surface area contributed by atoms with Crippen LogP contribution in [0.1, 0.15) is 48.3 Å². The van der Waals surface area contributed by atoms with Gasteiger partial charge in [0.2, 0.25) is 11.8 Å². The molecule has 54 heavy (non-hydrogen) atoms. The molecular weight excluding hydrogens is 688 g/mol. The molecule has 2 aromatic heterocycles. The highest BCUT2D eigenvalue weighted by Crippen LogP contribution is 2.42. The number of pyridine rings is 2. The highest BCUT2D eigenvalue weighted by Gasteiger charge is 2.29. The summed E-state index contributed by atoms with van der Waals surface area (Å²) in [5, 5.41) is 21.4. The fourth-order valence-corrected chi connectivity index (χ4v) is 6.60. The lowest BCUT2D eigenvalue weighted by atomic mass is 9.88. The Balaban J connectivity index is 0.000000167. The Morgan fingerprint density at radius 2 is 0.981 bits per heavy atom. The van der Waals surface area contributed by atoms with Crippen LogP contribution in [0.2, 0.25) is 0 Å². The average molecular weight is 725 g/mol. The predicted molar refractivity (Wildman–Crippen MR) is 200 cm³/mol. The van der Waals surface area contributed by atoms with Crippen LogP contribution in [0.3, 0.4) is 0 Å². The molecule has 4 unspecified atom stereocenters. The molecule has 2 aliphatic rings. The summed E-state index contributed by atoms with van der Waals surface area (Å²) in [6.45, 7) is 4.35. The van der Waals surface area contributed by atoms with Gasteiger partial charge in [-0.15, -0.1) is 0 Å². The van der Waals surface area contributed by atoms with Crippen molar-refractivity contribution in [2.24, 2.45) is 11.8 Å². The molecular formula is C42H36N4O8. The van der Waals surface area contributed by atoms with Crippen LogP contribution in [0, 0.1) is 32.1 Å². The van der Waals surface area contributed by atoms with Gasteiger partial charge in [0.05, 0.1) is 9.85 Å². The first-order chi connectivity index (χ1) is 26.2. The van der Waals surface area contributed by atoms with E-state index in [-0.39, 0.29) is 23.6 Å². The lowest BCUT2D eigenvalue weighted by Gasteiger charge is -2.32. The fourth-order valence-electron chi connectivity index (χ4n) is 6.60. The van der Waals surface area contributed by atoms with E-state index in [1.165, 1.54) is 47.8 Å². The van der Waals surface area contributed by atoms with Crippen molar-refractivity contribution in [2.45, 2.75) is 38.9 Å². The van der Waals surface area contributed by atoms with Gasteiger partial charge in [-0.3, -0.25) is 20.2 Å². The summed E-state index contributed by atoms with van der Waals surface area (Å²) in [6, 6.07) is 37.5. The van der Waals surface area contributed by atoms with E-state index in [4.69, 9.17) is 18.9 Å². The number of nitro groups is 2. The molecule has 0 amide bonds. The lowest BCUT2D eigenvalue weighted by Crippen LogP contribution is -2.23. The number of aromatic nitrogens is 2. The van der Waals surface area contributed by atoms with Crippen LogP contribution in [-0.2, 0) is 12.8 Å². The summed E-state index contributed by atoms with van der Waals surface area (Å²) in [7, 11) is 0. The second-order valence-electron chi connectivity index (χ2n) is 13.2. The topological polar surface area (TPSA) is 149 Å². The molecule has 0 spiro atoms. The summed E-state index contributed by atoms with van der Waals surface area (Å²) in [5.41, 5.74) is 4.37. The van der Waals surface area contributed by atoms with Gasteiger partial charge in [-0.1, -0.05) is 74.5 Å². The van der Waals surface area contributed by atoms with Gasteiger partial charge in [0, 0.05) is 36.1 Å². The molecule has 0 saturated heterocycles. The number of hydrogen-bond acceptors (Lipinski definition) is 10. The van der Waals surface area contributed by atoms with Crippen LogP contribution < -0.4 is 18.9 Å². The Labute approximate surface area is 311 Å². The van der Waals surface area contributed by atoms with Gasteiger partial charge < -0.3 is 18.9 Å². The summed E-state index contributed by atoms with van der Waals surface area (Å²) >= 11 is 0. The maximum Gasteiger partial charge on any atom is 0.287 e. The molecule has 6 aromatic rings. The Morgan fingerprint density at radius 3 is 1.33 bits per heavy atom. The van der Waals surface area contributed by atoms with E-state index in [0.717, 1.165) is 35.5 Å². The maximum absolute atomic E-state index is 10.7. The second kappa shape index (κ2) is 15.8. The van der Waals surface area contributed by atoms with E-state index in [2.05, 4.69) is 48.1 Å². The van der Waals surface area contributed by atoms with Gasteiger partial charge in [-0.05, 0) is 71.5 Å². The number of benzene rings is 4.